The number of nitrogens with zero attached hydrogens (tertiary/aromatic N) is 3. The Bertz CT molecular complexity index is 482. The maximum Gasteiger partial charge on any atom is 0.265 e. The molecule has 1 atom stereocenters. The summed E-state index contributed by atoms with van der Waals surface area (Å²) in [5.74, 6) is 0.710. The first kappa shape index (κ1) is 16.0. The molecule has 3 N–H and O–H groups in total. The van der Waals surface area contributed by atoms with Crippen LogP contribution in [0.1, 0.15) is 29.9 Å². The van der Waals surface area contributed by atoms with Crippen molar-refractivity contribution in [1.82, 2.24) is 15.2 Å². The monoisotopic (exact) mass is 311 g/mol. The smallest absolute Gasteiger partial charge is 0.265 e. The van der Waals surface area contributed by atoms with Crippen molar-refractivity contribution in [2.45, 2.75) is 20.3 Å². The lowest BCUT2D eigenvalue weighted by atomic mass is 10.1. The Balaban J connectivity index is 2.00. The van der Waals surface area contributed by atoms with E-state index in [1.54, 1.807) is 0 Å². The van der Waals surface area contributed by atoms with Gasteiger partial charge in [-0.25, -0.2) is 4.98 Å². The van der Waals surface area contributed by atoms with Gasteiger partial charge in [-0.2, -0.15) is 0 Å². The zero-order valence-corrected chi connectivity index (χ0v) is 13.9. The number of carbonyl (C=O) groups excluding carboxylic acids is 1. The highest BCUT2D eigenvalue weighted by Crippen LogP contribution is 2.28. The largest absolute Gasteiger partial charge is 0.382 e. The summed E-state index contributed by atoms with van der Waals surface area (Å²) in [6.45, 7) is 8.78. The molecule has 118 valence electrons. The lowest BCUT2D eigenvalue weighted by Gasteiger charge is -2.31. The molecule has 2 rings (SSSR count). The van der Waals surface area contributed by atoms with Gasteiger partial charge in [0.25, 0.3) is 5.91 Å². The number of likely N-dealkylation sites (N-methyl/N-ethyl adjacent to an activating group) is 1. The number of nitrogens with one attached hydrogen (secondary N) is 1. The molecule has 1 unspecified atom stereocenters. The molecule has 1 aliphatic rings. The maximum atomic E-state index is 12.2. The second kappa shape index (κ2) is 7.09. The fraction of sp³-hybridized carbons (Fsp3) is 0.714. The average Bonchev–Trinajstić information content (AvgIpc) is 2.87. The molecule has 1 amide bonds. The third-order valence-corrected chi connectivity index (χ3v) is 5.06. The number of amides is 1. The summed E-state index contributed by atoms with van der Waals surface area (Å²) in [6, 6.07) is 0. The summed E-state index contributed by atoms with van der Waals surface area (Å²) in [5.41, 5.74) is 5.92. The van der Waals surface area contributed by atoms with Crippen LogP contribution in [-0.4, -0.2) is 55.6 Å². The van der Waals surface area contributed by atoms with E-state index in [4.69, 9.17) is 5.73 Å². The van der Waals surface area contributed by atoms with Gasteiger partial charge in [0, 0.05) is 32.7 Å². The second-order valence-electron chi connectivity index (χ2n) is 5.72. The van der Waals surface area contributed by atoms with Gasteiger partial charge in [-0.3, -0.25) is 4.79 Å². The molecule has 1 saturated heterocycles. The molecule has 0 aromatic carbocycles. The summed E-state index contributed by atoms with van der Waals surface area (Å²) in [4.78, 5) is 21.6. The van der Waals surface area contributed by atoms with Gasteiger partial charge in [0.1, 0.15) is 10.7 Å². The highest BCUT2D eigenvalue weighted by Gasteiger charge is 2.22. The van der Waals surface area contributed by atoms with Crippen molar-refractivity contribution in [2.75, 3.05) is 50.4 Å². The summed E-state index contributed by atoms with van der Waals surface area (Å²) >= 11 is 1.39. The number of hydrogen-bond donors (Lipinski definition) is 2. The van der Waals surface area contributed by atoms with Crippen LogP contribution in [0, 0.1) is 5.92 Å². The summed E-state index contributed by atoms with van der Waals surface area (Å²) in [6.07, 6.45) is 1.05. The fourth-order valence-electron chi connectivity index (χ4n) is 2.11. The topological polar surface area (TPSA) is 74.5 Å². The number of aromatic nitrogens is 1. The zero-order valence-electron chi connectivity index (χ0n) is 13.1. The van der Waals surface area contributed by atoms with Crippen molar-refractivity contribution < 1.29 is 4.79 Å². The molecule has 21 heavy (non-hydrogen) atoms. The van der Waals surface area contributed by atoms with E-state index in [-0.39, 0.29) is 5.91 Å². The molecule has 0 aliphatic carbocycles. The minimum atomic E-state index is -0.106. The van der Waals surface area contributed by atoms with Crippen molar-refractivity contribution in [1.29, 1.82) is 0 Å². The molecule has 2 heterocycles. The first-order chi connectivity index (χ1) is 10.0. The average molecular weight is 311 g/mol. The van der Waals surface area contributed by atoms with E-state index >= 15 is 0 Å². The molecule has 0 radical (unpaired) electrons. The minimum absolute atomic E-state index is 0.106. The maximum absolute atomic E-state index is 12.2. The van der Waals surface area contributed by atoms with Crippen LogP contribution < -0.4 is 16.0 Å². The lowest BCUT2D eigenvalue weighted by molar-refractivity contribution is 0.0952. The molecule has 1 aromatic heterocycles. The van der Waals surface area contributed by atoms with Crippen molar-refractivity contribution in [3.63, 3.8) is 0 Å². The SMILES string of the molecule is CCC(C)CNC(=O)c1sc(N2CCN(C)CC2)nc1N. The Kier molecular flexibility index (Phi) is 5.41. The fourth-order valence-corrected chi connectivity index (χ4v) is 3.06. The van der Waals surface area contributed by atoms with E-state index in [2.05, 4.69) is 41.0 Å². The molecule has 1 aliphatic heterocycles. The van der Waals surface area contributed by atoms with Crippen LogP contribution in [-0.2, 0) is 0 Å². The zero-order chi connectivity index (χ0) is 15.4. The van der Waals surface area contributed by atoms with E-state index in [0.29, 0.717) is 23.2 Å². The Labute approximate surface area is 130 Å². The van der Waals surface area contributed by atoms with Crippen LogP contribution >= 0.6 is 11.3 Å². The predicted octanol–water partition coefficient (Wildman–Crippen LogP) is 1.25. The van der Waals surface area contributed by atoms with Gasteiger partial charge in [0.15, 0.2) is 5.13 Å². The van der Waals surface area contributed by atoms with Gasteiger partial charge >= 0.3 is 0 Å². The van der Waals surface area contributed by atoms with Gasteiger partial charge in [-0.15, -0.1) is 0 Å². The highest BCUT2D eigenvalue weighted by molar-refractivity contribution is 7.18. The highest BCUT2D eigenvalue weighted by atomic mass is 32.1. The van der Waals surface area contributed by atoms with Crippen molar-refractivity contribution >= 4 is 28.2 Å². The first-order valence-corrected chi connectivity index (χ1v) is 8.30. The number of carbonyl (C=O) groups is 1. The van der Waals surface area contributed by atoms with Crippen LogP contribution in [0.25, 0.3) is 0 Å². The summed E-state index contributed by atoms with van der Waals surface area (Å²) in [7, 11) is 2.11. The normalized spacial score (nSPS) is 17.8. The molecule has 1 aromatic rings. The number of rotatable bonds is 5. The Morgan fingerprint density at radius 2 is 2.10 bits per heavy atom. The quantitative estimate of drug-likeness (QED) is 0.856. The number of piperazine rings is 1. The van der Waals surface area contributed by atoms with E-state index in [9.17, 15) is 4.79 Å². The molecule has 0 bridgehead atoms. The molecular formula is C14H25N5OS. The number of nitrogen functional groups attached to an aromatic ring is 1. The van der Waals surface area contributed by atoms with E-state index in [1.165, 1.54) is 11.3 Å². The molecule has 0 spiro atoms. The molecule has 7 heteroatoms. The van der Waals surface area contributed by atoms with Gasteiger partial charge in [0.2, 0.25) is 0 Å². The van der Waals surface area contributed by atoms with Crippen LogP contribution in [0.3, 0.4) is 0 Å². The Morgan fingerprint density at radius 3 is 2.71 bits per heavy atom. The molecule has 0 saturated carbocycles. The number of nitrogens with two attached hydrogens (primary N) is 1. The van der Waals surface area contributed by atoms with E-state index in [0.717, 1.165) is 37.7 Å². The summed E-state index contributed by atoms with van der Waals surface area (Å²) in [5, 5.41) is 3.79. The van der Waals surface area contributed by atoms with Gasteiger partial charge < -0.3 is 20.9 Å². The summed E-state index contributed by atoms with van der Waals surface area (Å²) < 4.78 is 0. The Hall–Kier alpha value is -1.34. The van der Waals surface area contributed by atoms with Gasteiger partial charge in [-0.1, -0.05) is 31.6 Å². The molecule has 1 fully saturated rings. The third-order valence-electron chi connectivity index (χ3n) is 3.93. The number of anilines is 2. The minimum Gasteiger partial charge on any atom is -0.382 e. The van der Waals surface area contributed by atoms with E-state index in [1.807, 2.05) is 0 Å². The van der Waals surface area contributed by atoms with Crippen molar-refractivity contribution in [2.24, 2.45) is 5.92 Å². The second-order valence-corrected chi connectivity index (χ2v) is 6.70. The molecule has 6 nitrogen and oxygen atoms in total. The van der Waals surface area contributed by atoms with Crippen molar-refractivity contribution in [3.8, 4) is 0 Å². The van der Waals surface area contributed by atoms with Gasteiger partial charge in [0.05, 0.1) is 0 Å². The van der Waals surface area contributed by atoms with Crippen LogP contribution in [0.15, 0.2) is 0 Å². The van der Waals surface area contributed by atoms with Crippen LogP contribution in [0.2, 0.25) is 0 Å². The van der Waals surface area contributed by atoms with Crippen molar-refractivity contribution in [3.05, 3.63) is 4.88 Å². The standard InChI is InChI=1S/C14H25N5OS/c1-4-10(2)9-16-13(20)11-12(15)17-14(21-11)19-7-5-18(3)6-8-19/h10H,4-9,15H2,1-3H3,(H,16,20). The lowest BCUT2D eigenvalue weighted by Crippen LogP contribution is -2.44. The first-order valence-electron chi connectivity index (χ1n) is 7.49. The third kappa shape index (κ3) is 4.07. The predicted molar refractivity (Wildman–Crippen MR) is 88.0 cm³/mol. The number of hydrogen-bond acceptors (Lipinski definition) is 6. The van der Waals surface area contributed by atoms with Crippen LogP contribution in [0.4, 0.5) is 10.9 Å². The van der Waals surface area contributed by atoms with Crippen LogP contribution in [0.5, 0.6) is 0 Å². The Morgan fingerprint density at radius 1 is 1.43 bits per heavy atom. The number of thiazole rings is 1. The molecular weight excluding hydrogens is 286 g/mol. The van der Waals surface area contributed by atoms with E-state index < -0.39 is 0 Å². The van der Waals surface area contributed by atoms with Gasteiger partial charge in [-0.05, 0) is 13.0 Å².